The minimum absolute atomic E-state index is 0.114. The van der Waals surface area contributed by atoms with E-state index in [9.17, 15) is 18.9 Å². The first-order valence-electron chi connectivity index (χ1n) is 8.48. The van der Waals surface area contributed by atoms with Crippen LogP contribution in [-0.4, -0.2) is 20.9 Å². The molecule has 0 saturated carbocycles. The average molecular weight is 374 g/mol. The Morgan fingerprint density at radius 3 is 2.96 bits per heavy atom. The first-order chi connectivity index (χ1) is 13.0. The van der Waals surface area contributed by atoms with Crippen molar-refractivity contribution in [3.05, 3.63) is 63.8 Å². The molecule has 0 aliphatic heterocycles. The molecule has 7 nitrogen and oxygen atoms in total. The third kappa shape index (κ3) is 3.27. The van der Waals surface area contributed by atoms with E-state index in [1.54, 1.807) is 36.5 Å². The molecule has 1 aliphatic rings. The van der Waals surface area contributed by atoms with Gasteiger partial charge in [0.15, 0.2) is 0 Å². The maximum atomic E-state index is 12.4. The van der Waals surface area contributed by atoms with Crippen LogP contribution in [0.4, 0.5) is 20.4 Å². The van der Waals surface area contributed by atoms with Crippen LogP contribution in [0.5, 0.6) is 5.75 Å². The molecule has 140 valence electrons. The summed E-state index contributed by atoms with van der Waals surface area (Å²) in [6.45, 7) is -2.87. The first-order valence-corrected chi connectivity index (χ1v) is 8.48. The van der Waals surface area contributed by atoms with Crippen molar-refractivity contribution in [3.63, 3.8) is 0 Å². The Morgan fingerprint density at radius 2 is 2.19 bits per heavy atom. The maximum Gasteiger partial charge on any atom is 0.387 e. The number of aryl methyl sites for hydroxylation is 1. The Balaban J connectivity index is 1.68. The van der Waals surface area contributed by atoms with Crippen LogP contribution in [0, 0.1) is 10.1 Å². The number of hydrogen-bond acceptors (Lipinski definition) is 5. The summed E-state index contributed by atoms with van der Waals surface area (Å²) < 4.78 is 30.7. The van der Waals surface area contributed by atoms with Crippen molar-refractivity contribution in [1.29, 1.82) is 0 Å². The Morgan fingerprint density at radius 1 is 1.33 bits per heavy atom. The number of halogens is 2. The van der Waals surface area contributed by atoms with Crippen molar-refractivity contribution in [2.75, 3.05) is 5.32 Å². The van der Waals surface area contributed by atoms with Gasteiger partial charge < -0.3 is 20.2 Å². The maximum absolute atomic E-state index is 12.4. The van der Waals surface area contributed by atoms with Crippen molar-refractivity contribution in [1.82, 2.24) is 9.38 Å². The lowest BCUT2D eigenvalue weighted by atomic mass is 9.87. The third-order valence-electron chi connectivity index (χ3n) is 4.64. The number of imidazole rings is 1. The van der Waals surface area contributed by atoms with Gasteiger partial charge in [0.05, 0.1) is 12.2 Å². The van der Waals surface area contributed by atoms with Gasteiger partial charge in [-0.1, -0.05) is 12.1 Å². The zero-order valence-electron chi connectivity index (χ0n) is 14.1. The molecule has 27 heavy (non-hydrogen) atoms. The molecule has 0 bridgehead atoms. The molecule has 0 spiro atoms. The molecule has 4 rings (SSSR count). The Labute approximate surface area is 152 Å². The average Bonchev–Trinajstić information content (AvgIpc) is 2.99. The Hall–Kier alpha value is -3.23. The standard InChI is InChI=1S/C18H16F2N4O3/c19-18(20)27-12-7-8-13-11(10-12)4-3-5-14(13)21-16-17(24(25)26)23-9-2-1-6-15(23)22-16/h1-2,6-10,14,18,21H,3-5H2/t14-/m0/s1. The fourth-order valence-corrected chi connectivity index (χ4v) is 3.54. The number of ether oxygens (including phenoxy) is 1. The summed E-state index contributed by atoms with van der Waals surface area (Å²) >= 11 is 0. The molecular weight excluding hydrogens is 358 g/mol. The Bertz CT molecular complexity index is 1010. The molecule has 0 saturated heterocycles. The number of aromatic nitrogens is 2. The van der Waals surface area contributed by atoms with Crippen molar-refractivity contribution in [2.45, 2.75) is 31.9 Å². The molecule has 2 heterocycles. The molecule has 0 unspecified atom stereocenters. The molecule has 0 radical (unpaired) electrons. The molecule has 0 amide bonds. The van der Waals surface area contributed by atoms with Crippen LogP contribution >= 0.6 is 0 Å². The number of nitrogens with zero attached hydrogens (tertiary/aromatic N) is 3. The predicted octanol–water partition coefficient (Wildman–Crippen LogP) is 4.33. The van der Waals surface area contributed by atoms with Crippen molar-refractivity contribution in [3.8, 4) is 5.75 Å². The second-order valence-corrected chi connectivity index (χ2v) is 6.30. The molecule has 1 aromatic carbocycles. The van der Waals surface area contributed by atoms with Gasteiger partial charge in [-0.05, 0) is 53.5 Å². The normalized spacial score (nSPS) is 16.3. The van der Waals surface area contributed by atoms with Crippen molar-refractivity contribution < 1.29 is 18.4 Å². The van der Waals surface area contributed by atoms with Crippen LogP contribution in [0.3, 0.4) is 0 Å². The lowest BCUT2D eigenvalue weighted by Crippen LogP contribution is -2.18. The monoisotopic (exact) mass is 374 g/mol. The first kappa shape index (κ1) is 17.2. The molecule has 1 atom stereocenters. The summed E-state index contributed by atoms with van der Waals surface area (Å²) in [5, 5.41) is 14.7. The molecule has 1 N–H and O–H groups in total. The van der Waals surface area contributed by atoms with Gasteiger partial charge in [-0.25, -0.2) is 0 Å². The minimum Gasteiger partial charge on any atom is -0.435 e. The summed E-state index contributed by atoms with van der Waals surface area (Å²) in [5.74, 6) is 0.176. The highest BCUT2D eigenvalue weighted by Gasteiger charge is 2.27. The van der Waals surface area contributed by atoms with E-state index in [4.69, 9.17) is 0 Å². The van der Waals surface area contributed by atoms with Gasteiger partial charge in [0.25, 0.3) is 0 Å². The van der Waals surface area contributed by atoms with Gasteiger partial charge >= 0.3 is 12.4 Å². The van der Waals surface area contributed by atoms with E-state index >= 15 is 0 Å². The van der Waals surface area contributed by atoms with Gasteiger partial charge in [-0.15, -0.1) is 0 Å². The predicted molar refractivity (Wildman–Crippen MR) is 94.2 cm³/mol. The van der Waals surface area contributed by atoms with Crippen LogP contribution in [0.1, 0.15) is 30.0 Å². The fourth-order valence-electron chi connectivity index (χ4n) is 3.54. The summed E-state index contributed by atoms with van der Waals surface area (Å²) in [4.78, 5) is 15.4. The van der Waals surface area contributed by atoms with Crippen LogP contribution in [0.2, 0.25) is 0 Å². The van der Waals surface area contributed by atoms with Gasteiger partial charge in [-0.3, -0.25) is 0 Å². The molecular formula is C18H16F2N4O3. The zero-order valence-corrected chi connectivity index (χ0v) is 14.1. The van der Waals surface area contributed by atoms with E-state index in [2.05, 4.69) is 15.0 Å². The van der Waals surface area contributed by atoms with E-state index in [1.807, 2.05) is 0 Å². The highest BCUT2D eigenvalue weighted by molar-refractivity contribution is 5.63. The number of nitro groups is 1. The number of alkyl halides is 2. The lowest BCUT2D eigenvalue weighted by Gasteiger charge is -2.26. The lowest BCUT2D eigenvalue weighted by molar-refractivity contribution is -0.389. The number of pyridine rings is 1. The van der Waals surface area contributed by atoms with E-state index in [-0.39, 0.29) is 23.4 Å². The number of rotatable bonds is 5. The number of benzene rings is 1. The van der Waals surface area contributed by atoms with Crippen molar-refractivity contribution in [2.24, 2.45) is 0 Å². The van der Waals surface area contributed by atoms with Crippen LogP contribution in [0.15, 0.2) is 42.6 Å². The molecule has 9 heteroatoms. The molecule has 0 fully saturated rings. The smallest absolute Gasteiger partial charge is 0.387 e. The topological polar surface area (TPSA) is 81.7 Å². The second-order valence-electron chi connectivity index (χ2n) is 6.30. The number of nitrogens with one attached hydrogen (secondary N) is 1. The number of fused-ring (bicyclic) bond motifs is 2. The fraction of sp³-hybridized carbons (Fsp3) is 0.278. The SMILES string of the molecule is O=[N+]([O-])c1c(N[C@H]2CCCc3cc(OC(F)F)ccc32)nc2ccccn12. The van der Waals surface area contributed by atoms with Gasteiger partial charge in [0.1, 0.15) is 5.75 Å². The van der Waals surface area contributed by atoms with Gasteiger partial charge in [0, 0.05) is 6.07 Å². The van der Waals surface area contributed by atoms with E-state index in [1.165, 1.54) is 10.5 Å². The Kier molecular flexibility index (Phi) is 4.35. The molecule has 2 aromatic heterocycles. The number of hydrogen-bond donors (Lipinski definition) is 1. The summed E-state index contributed by atoms with van der Waals surface area (Å²) in [7, 11) is 0. The van der Waals surface area contributed by atoms with Gasteiger partial charge in [-0.2, -0.15) is 18.2 Å². The van der Waals surface area contributed by atoms with E-state index in [0.717, 1.165) is 30.4 Å². The summed E-state index contributed by atoms with van der Waals surface area (Å²) in [5.41, 5.74) is 2.28. The zero-order chi connectivity index (χ0) is 19.0. The highest BCUT2D eigenvalue weighted by Crippen LogP contribution is 2.37. The van der Waals surface area contributed by atoms with Crippen LogP contribution in [0.25, 0.3) is 5.65 Å². The number of anilines is 1. The third-order valence-corrected chi connectivity index (χ3v) is 4.64. The largest absolute Gasteiger partial charge is 0.435 e. The second kappa shape index (κ2) is 6.82. The van der Waals surface area contributed by atoms with Crippen LogP contribution < -0.4 is 10.1 Å². The minimum atomic E-state index is -2.87. The highest BCUT2D eigenvalue weighted by atomic mass is 19.3. The molecule has 3 aromatic rings. The van der Waals surface area contributed by atoms with E-state index < -0.39 is 11.5 Å². The van der Waals surface area contributed by atoms with E-state index in [0.29, 0.717) is 5.65 Å². The molecule has 1 aliphatic carbocycles. The summed E-state index contributed by atoms with van der Waals surface area (Å²) in [6, 6.07) is 9.78. The van der Waals surface area contributed by atoms with Crippen LogP contribution in [-0.2, 0) is 6.42 Å². The van der Waals surface area contributed by atoms with Gasteiger partial charge in [0.2, 0.25) is 11.5 Å². The quantitative estimate of drug-likeness (QED) is 0.531. The summed E-state index contributed by atoms with van der Waals surface area (Å²) in [6.07, 6.45) is 3.91. The van der Waals surface area contributed by atoms with Crippen molar-refractivity contribution >= 4 is 17.3 Å².